The fraction of sp³-hybridized carbons (Fsp3) is 0.400. The number of carbonyl (C=O) groups is 1. The van der Waals surface area contributed by atoms with Gasteiger partial charge in [-0.2, -0.15) is 0 Å². The summed E-state index contributed by atoms with van der Waals surface area (Å²) in [6.45, 7) is 3.97. The molecule has 0 radical (unpaired) electrons. The smallest absolute Gasteiger partial charge is 0.256 e. The molecule has 1 aromatic heterocycles. The van der Waals surface area contributed by atoms with Crippen LogP contribution in [0.4, 0.5) is 0 Å². The number of piperidine rings is 1. The lowest BCUT2D eigenvalue weighted by atomic mass is 9.99. The number of hydrogen-bond donors (Lipinski definition) is 1. The summed E-state index contributed by atoms with van der Waals surface area (Å²) in [6.07, 6.45) is 4.17. The van der Waals surface area contributed by atoms with E-state index in [-0.39, 0.29) is 5.91 Å². The molecule has 3 rings (SSSR count). The van der Waals surface area contributed by atoms with E-state index in [1.54, 1.807) is 0 Å². The van der Waals surface area contributed by atoms with E-state index >= 15 is 0 Å². The van der Waals surface area contributed by atoms with E-state index in [2.05, 4.69) is 27.8 Å². The molecule has 19 heavy (non-hydrogen) atoms. The third kappa shape index (κ3) is 2.41. The number of rotatable bonds is 1. The minimum atomic E-state index is 0.153. The third-order valence-electron chi connectivity index (χ3n) is 3.82. The molecule has 1 amide bonds. The molecule has 1 aliphatic rings. The lowest BCUT2D eigenvalue weighted by molar-refractivity contribution is 0.0685. The van der Waals surface area contributed by atoms with Gasteiger partial charge < -0.3 is 9.88 Å². The Hall–Kier alpha value is -1.29. The summed E-state index contributed by atoms with van der Waals surface area (Å²) in [5, 5.41) is 1.01. The van der Waals surface area contributed by atoms with Gasteiger partial charge in [-0.25, -0.2) is 0 Å². The van der Waals surface area contributed by atoms with Crippen LogP contribution in [0, 0.1) is 5.92 Å². The number of halogens is 1. The van der Waals surface area contributed by atoms with E-state index in [9.17, 15) is 4.79 Å². The number of hydrogen-bond acceptors (Lipinski definition) is 1. The summed E-state index contributed by atoms with van der Waals surface area (Å²) in [5.74, 6) is 0.761. The molecule has 0 bridgehead atoms. The molecular weight excluding hydrogens is 304 g/mol. The van der Waals surface area contributed by atoms with E-state index in [4.69, 9.17) is 0 Å². The van der Waals surface area contributed by atoms with Gasteiger partial charge in [0.1, 0.15) is 0 Å². The Labute approximate surface area is 121 Å². The molecule has 0 aliphatic carbocycles. The fourth-order valence-electron chi connectivity index (χ4n) is 2.82. The van der Waals surface area contributed by atoms with Crippen LogP contribution in [-0.4, -0.2) is 28.9 Å². The van der Waals surface area contributed by atoms with Gasteiger partial charge in [0.05, 0.1) is 5.56 Å². The van der Waals surface area contributed by atoms with Gasteiger partial charge in [-0.05, 0) is 30.9 Å². The molecule has 0 saturated carbocycles. The van der Waals surface area contributed by atoms with Gasteiger partial charge in [-0.15, -0.1) is 0 Å². The topological polar surface area (TPSA) is 36.1 Å². The number of nitrogens with zero attached hydrogens (tertiary/aromatic N) is 1. The van der Waals surface area contributed by atoms with Crippen LogP contribution in [-0.2, 0) is 0 Å². The summed E-state index contributed by atoms with van der Waals surface area (Å²) in [6, 6.07) is 5.98. The fourth-order valence-corrected chi connectivity index (χ4v) is 3.18. The summed E-state index contributed by atoms with van der Waals surface area (Å²) in [5.41, 5.74) is 1.79. The highest BCUT2D eigenvalue weighted by Gasteiger charge is 2.23. The number of carbonyl (C=O) groups excluding carboxylic acids is 1. The molecule has 4 heteroatoms. The van der Waals surface area contributed by atoms with Crippen LogP contribution in [0.2, 0.25) is 0 Å². The number of benzene rings is 1. The largest absolute Gasteiger partial charge is 0.360 e. The number of amides is 1. The second-order valence-electron chi connectivity index (χ2n) is 5.39. The zero-order chi connectivity index (χ0) is 13.4. The van der Waals surface area contributed by atoms with Gasteiger partial charge >= 0.3 is 0 Å². The van der Waals surface area contributed by atoms with Crippen molar-refractivity contribution in [1.82, 2.24) is 9.88 Å². The van der Waals surface area contributed by atoms with Crippen LogP contribution in [0.15, 0.2) is 28.9 Å². The van der Waals surface area contributed by atoms with Crippen molar-refractivity contribution < 1.29 is 4.79 Å². The van der Waals surface area contributed by atoms with E-state index in [1.165, 1.54) is 6.42 Å². The first kappa shape index (κ1) is 12.7. The molecule has 2 heterocycles. The van der Waals surface area contributed by atoms with Gasteiger partial charge in [0.2, 0.25) is 0 Å². The minimum Gasteiger partial charge on any atom is -0.360 e. The Balaban J connectivity index is 1.93. The van der Waals surface area contributed by atoms with Gasteiger partial charge in [0.15, 0.2) is 0 Å². The summed E-state index contributed by atoms with van der Waals surface area (Å²) in [4.78, 5) is 17.8. The molecule has 1 N–H and O–H groups in total. The predicted molar refractivity (Wildman–Crippen MR) is 80.3 cm³/mol. The molecule has 1 unspecified atom stereocenters. The number of H-pyrrole nitrogens is 1. The van der Waals surface area contributed by atoms with Crippen molar-refractivity contribution in [2.45, 2.75) is 19.8 Å². The minimum absolute atomic E-state index is 0.153. The molecule has 1 saturated heterocycles. The average molecular weight is 321 g/mol. The van der Waals surface area contributed by atoms with Crippen molar-refractivity contribution in [2.75, 3.05) is 13.1 Å². The first-order valence-corrected chi connectivity index (χ1v) is 7.50. The molecule has 1 aliphatic heterocycles. The maximum absolute atomic E-state index is 12.6. The second kappa shape index (κ2) is 5.00. The summed E-state index contributed by atoms with van der Waals surface area (Å²) in [7, 11) is 0. The lowest BCUT2D eigenvalue weighted by Crippen LogP contribution is -2.39. The van der Waals surface area contributed by atoms with Crippen molar-refractivity contribution >= 4 is 32.7 Å². The highest BCUT2D eigenvalue weighted by molar-refractivity contribution is 9.10. The van der Waals surface area contributed by atoms with Crippen LogP contribution in [0.25, 0.3) is 10.9 Å². The predicted octanol–water partition coefficient (Wildman–Crippen LogP) is 3.80. The first-order valence-electron chi connectivity index (χ1n) is 6.71. The number of aromatic amines is 1. The number of likely N-dealkylation sites (tertiary alicyclic amines) is 1. The SMILES string of the molecule is CC1CCCN(C(=O)c2c[nH]c3cc(Br)ccc23)C1. The number of nitrogens with one attached hydrogen (secondary N) is 1. The van der Waals surface area contributed by atoms with Gasteiger partial charge in [0.25, 0.3) is 5.91 Å². The van der Waals surface area contributed by atoms with Crippen molar-refractivity contribution in [3.8, 4) is 0 Å². The normalized spacial score (nSPS) is 19.9. The van der Waals surface area contributed by atoms with E-state index < -0.39 is 0 Å². The quantitative estimate of drug-likeness (QED) is 0.852. The zero-order valence-electron chi connectivity index (χ0n) is 10.9. The molecule has 2 aromatic rings. The van der Waals surface area contributed by atoms with Crippen molar-refractivity contribution in [1.29, 1.82) is 0 Å². The van der Waals surface area contributed by atoms with E-state index in [0.717, 1.165) is 40.4 Å². The Morgan fingerprint density at radius 3 is 3.11 bits per heavy atom. The molecule has 1 atom stereocenters. The molecule has 0 spiro atoms. The van der Waals surface area contributed by atoms with E-state index in [1.807, 2.05) is 29.3 Å². The Morgan fingerprint density at radius 2 is 2.32 bits per heavy atom. The van der Waals surface area contributed by atoms with Gasteiger partial charge in [-0.3, -0.25) is 4.79 Å². The van der Waals surface area contributed by atoms with E-state index in [0.29, 0.717) is 5.92 Å². The molecule has 100 valence electrons. The lowest BCUT2D eigenvalue weighted by Gasteiger charge is -2.30. The van der Waals surface area contributed by atoms with Crippen molar-refractivity contribution in [3.63, 3.8) is 0 Å². The Kier molecular flexibility index (Phi) is 3.35. The number of fused-ring (bicyclic) bond motifs is 1. The highest BCUT2D eigenvalue weighted by atomic mass is 79.9. The number of aromatic nitrogens is 1. The summed E-state index contributed by atoms with van der Waals surface area (Å²) < 4.78 is 1.02. The molecule has 1 fully saturated rings. The van der Waals surface area contributed by atoms with Crippen LogP contribution in [0.1, 0.15) is 30.1 Å². The van der Waals surface area contributed by atoms with Crippen LogP contribution < -0.4 is 0 Å². The third-order valence-corrected chi connectivity index (χ3v) is 4.31. The van der Waals surface area contributed by atoms with Crippen LogP contribution >= 0.6 is 15.9 Å². The Morgan fingerprint density at radius 1 is 1.47 bits per heavy atom. The zero-order valence-corrected chi connectivity index (χ0v) is 12.5. The average Bonchev–Trinajstić information content (AvgIpc) is 2.80. The van der Waals surface area contributed by atoms with Crippen LogP contribution in [0.5, 0.6) is 0 Å². The maximum atomic E-state index is 12.6. The van der Waals surface area contributed by atoms with Crippen molar-refractivity contribution in [3.05, 3.63) is 34.4 Å². The second-order valence-corrected chi connectivity index (χ2v) is 6.31. The summed E-state index contributed by atoms with van der Waals surface area (Å²) >= 11 is 3.45. The highest BCUT2D eigenvalue weighted by Crippen LogP contribution is 2.25. The first-order chi connectivity index (χ1) is 9.15. The van der Waals surface area contributed by atoms with Gasteiger partial charge in [0, 0.05) is 34.7 Å². The molecular formula is C15H17BrN2O. The van der Waals surface area contributed by atoms with Crippen molar-refractivity contribution in [2.24, 2.45) is 5.92 Å². The monoisotopic (exact) mass is 320 g/mol. The Bertz CT molecular complexity index is 620. The maximum Gasteiger partial charge on any atom is 0.256 e. The van der Waals surface area contributed by atoms with Gasteiger partial charge in [-0.1, -0.05) is 28.9 Å². The molecule has 3 nitrogen and oxygen atoms in total. The molecule has 1 aromatic carbocycles. The van der Waals surface area contributed by atoms with Crippen LogP contribution in [0.3, 0.4) is 0 Å². The standard InChI is InChI=1S/C15H17BrN2O/c1-10-3-2-6-18(9-10)15(19)13-8-17-14-7-11(16)4-5-12(13)14/h4-5,7-8,10,17H,2-3,6,9H2,1H3.